The number of carbonyl (C=O) groups excluding carboxylic acids is 1. The van der Waals surface area contributed by atoms with Gasteiger partial charge in [0.05, 0.1) is 7.11 Å². The van der Waals surface area contributed by atoms with E-state index in [-0.39, 0.29) is 6.03 Å². The Kier molecular flexibility index (Phi) is 3.48. The number of aryl methyl sites for hydroxylation is 1. The largest absolute Gasteiger partial charge is 0.345 e. The maximum atomic E-state index is 11.3. The van der Waals surface area contributed by atoms with Gasteiger partial charge >= 0.3 is 6.03 Å². The van der Waals surface area contributed by atoms with Crippen LogP contribution >= 0.6 is 0 Å². The molecule has 0 spiro atoms. The summed E-state index contributed by atoms with van der Waals surface area (Å²) in [6, 6.07) is 8.08. The van der Waals surface area contributed by atoms with E-state index in [1.165, 1.54) is 14.2 Å². The Hall–Kier alpha value is -1.55. The zero-order valence-electron chi connectivity index (χ0n) is 8.50. The van der Waals surface area contributed by atoms with Crippen LogP contribution in [0.5, 0.6) is 0 Å². The quantitative estimate of drug-likeness (QED) is 0.728. The second-order valence-corrected chi connectivity index (χ2v) is 2.87. The lowest BCUT2D eigenvalue weighted by atomic mass is 10.2. The highest BCUT2D eigenvalue weighted by molar-refractivity contribution is 5.88. The van der Waals surface area contributed by atoms with E-state index in [2.05, 4.69) is 11.4 Å². The summed E-state index contributed by atoms with van der Waals surface area (Å²) in [6.45, 7) is 1.94. The molecule has 1 rings (SSSR count). The van der Waals surface area contributed by atoms with Crippen molar-refractivity contribution in [3.63, 3.8) is 0 Å². The Bertz CT molecular complexity index is 308. The summed E-state index contributed by atoms with van der Waals surface area (Å²) in [4.78, 5) is 16.0. The normalized spacial score (nSPS) is 9.64. The number of urea groups is 1. The third-order valence-corrected chi connectivity index (χ3v) is 1.78. The Morgan fingerprint density at radius 3 is 2.79 bits per heavy atom. The summed E-state index contributed by atoms with van der Waals surface area (Å²) in [5.74, 6) is 0. The van der Waals surface area contributed by atoms with Crippen LogP contribution in [0.2, 0.25) is 0 Å². The van der Waals surface area contributed by atoms with E-state index in [9.17, 15) is 4.79 Å². The molecule has 4 heteroatoms. The topological polar surface area (TPSA) is 41.6 Å². The molecular formula is C10H13N2O2. The zero-order chi connectivity index (χ0) is 10.6. The third kappa shape index (κ3) is 2.74. The number of carbonyl (C=O) groups is 1. The summed E-state index contributed by atoms with van der Waals surface area (Å²) in [5.41, 5.74) is 1.73. The maximum Gasteiger partial charge on any atom is 0.345 e. The molecule has 2 amide bonds. The number of amides is 2. The van der Waals surface area contributed by atoms with Crippen LogP contribution < -0.4 is 5.32 Å². The fraction of sp³-hybridized carbons (Fsp3) is 0.300. The van der Waals surface area contributed by atoms with Crippen LogP contribution in [0.25, 0.3) is 0 Å². The Morgan fingerprint density at radius 1 is 1.57 bits per heavy atom. The molecule has 0 aromatic heterocycles. The van der Waals surface area contributed by atoms with Crippen molar-refractivity contribution in [2.24, 2.45) is 0 Å². The summed E-state index contributed by atoms with van der Waals surface area (Å²) in [7, 11) is 2.97. The molecule has 4 nitrogen and oxygen atoms in total. The van der Waals surface area contributed by atoms with E-state index in [0.29, 0.717) is 5.69 Å². The van der Waals surface area contributed by atoms with E-state index >= 15 is 0 Å². The number of nitrogens with one attached hydrogen (secondary N) is 1. The first kappa shape index (κ1) is 10.5. The molecule has 1 aromatic carbocycles. The molecule has 0 heterocycles. The van der Waals surface area contributed by atoms with Gasteiger partial charge in [-0.1, -0.05) is 6.07 Å². The molecule has 0 aliphatic rings. The summed E-state index contributed by atoms with van der Waals surface area (Å²) >= 11 is 0. The van der Waals surface area contributed by atoms with Gasteiger partial charge in [-0.05, 0) is 30.7 Å². The van der Waals surface area contributed by atoms with Crippen molar-refractivity contribution in [2.75, 3.05) is 19.5 Å². The van der Waals surface area contributed by atoms with Gasteiger partial charge in [0.1, 0.15) is 0 Å². The van der Waals surface area contributed by atoms with Gasteiger partial charge in [-0.15, -0.1) is 0 Å². The van der Waals surface area contributed by atoms with Gasteiger partial charge in [0.15, 0.2) is 0 Å². The lowest BCUT2D eigenvalue weighted by molar-refractivity contribution is -0.0598. The Morgan fingerprint density at radius 2 is 2.29 bits per heavy atom. The molecule has 0 unspecified atom stereocenters. The van der Waals surface area contributed by atoms with Gasteiger partial charge in [0.25, 0.3) is 0 Å². The molecule has 0 saturated heterocycles. The monoisotopic (exact) mass is 193 g/mol. The minimum Gasteiger partial charge on any atom is -0.306 e. The van der Waals surface area contributed by atoms with Crippen molar-refractivity contribution in [1.82, 2.24) is 5.06 Å². The van der Waals surface area contributed by atoms with Crippen molar-refractivity contribution in [3.05, 3.63) is 29.8 Å². The van der Waals surface area contributed by atoms with Crippen LogP contribution in [-0.4, -0.2) is 25.3 Å². The maximum absolute atomic E-state index is 11.3. The Labute approximate surface area is 83.4 Å². The Balaban J connectivity index is 2.60. The lowest BCUT2D eigenvalue weighted by Crippen LogP contribution is -2.30. The number of anilines is 1. The molecule has 0 atom stereocenters. The van der Waals surface area contributed by atoms with E-state index in [0.717, 1.165) is 10.6 Å². The molecule has 75 valence electrons. The highest BCUT2D eigenvalue weighted by Crippen LogP contribution is 2.08. The molecule has 1 aromatic rings. The highest BCUT2D eigenvalue weighted by atomic mass is 16.7. The van der Waals surface area contributed by atoms with Crippen molar-refractivity contribution >= 4 is 11.7 Å². The first-order valence-corrected chi connectivity index (χ1v) is 4.20. The van der Waals surface area contributed by atoms with E-state index in [4.69, 9.17) is 4.84 Å². The van der Waals surface area contributed by atoms with Crippen LogP contribution in [0.4, 0.5) is 10.5 Å². The number of hydrogen-bond donors (Lipinski definition) is 1. The predicted octanol–water partition coefficient (Wildman–Crippen LogP) is 1.82. The second-order valence-electron chi connectivity index (χ2n) is 2.87. The van der Waals surface area contributed by atoms with Gasteiger partial charge in [0.2, 0.25) is 0 Å². The molecule has 14 heavy (non-hydrogen) atoms. The highest BCUT2D eigenvalue weighted by Gasteiger charge is 2.06. The van der Waals surface area contributed by atoms with Crippen LogP contribution in [-0.2, 0) is 4.84 Å². The second kappa shape index (κ2) is 4.62. The van der Waals surface area contributed by atoms with Crippen molar-refractivity contribution in [3.8, 4) is 0 Å². The van der Waals surface area contributed by atoms with Crippen molar-refractivity contribution in [2.45, 2.75) is 6.92 Å². The first-order valence-electron chi connectivity index (χ1n) is 4.20. The van der Waals surface area contributed by atoms with Crippen LogP contribution in [0.1, 0.15) is 5.56 Å². The standard InChI is InChI=1S/C10H13N2O2/c1-8-4-6-9(7-5-8)11-10(13)12(2)14-3/h4,6-7H,1-3H3,(H,11,13). The average molecular weight is 193 g/mol. The molecule has 0 aliphatic carbocycles. The van der Waals surface area contributed by atoms with E-state index < -0.39 is 0 Å². The molecular weight excluding hydrogens is 180 g/mol. The summed E-state index contributed by atoms with van der Waals surface area (Å²) in [5, 5.41) is 3.76. The van der Waals surface area contributed by atoms with Gasteiger partial charge in [-0.2, -0.15) is 0 Å². The smallest absolute Gasteiger partial charge is 0.306 e. The average Bonchev–Trinajstić information content (AvgIpc) is 2.20. The van der Waals surface area contributed by atoms with Crippen LogP contribution in [0.15, 0.2) is 18.2 Å². The minimum absolute atomic E-state index is 0.315. The van der Waals surface area contributed by atoms with E-state index in [1.807, 2.05) is 19.1 Å². The zero-order valence-corrected chi connectivity index (χ0v) is 8.50. The van der Waals surface area contributed by atoms with Crippen LogP contribution in [0.3, 0.4) is 0 Å². The fourth-order valence-corrected chi connectivity index (χ4v) is 0.865. The van der Waals surface area contributed by atoms with Crippen LogP contribution in [0, 0.1) is 13.0 Å². The van der Waals surface area contributed by atoms with Gasteiger partial charge in [-0.25, -0.2) is 9.86 Å². The lowest BCUT2D eigenvalue weighted by Gasteiger charge is -2.14. The third-order valence-electron chi connectivity index (χ3n) is 1.78. The number of rotatable bonds is 2. The number of nitrogens with zero attached hydrogens (tertiary/aromatic N) is 1. The fourth-order valence-electron chi connectivity index (χ4n) is 0.865. The first-order chi connectivity index (χ1) is 6.63. The molecule has 0 fully saturated rings. The minimum atomic E-state index is -0.315. The molecule has 1 N–H and O–H groups in total. The number of hydroxylamine groups is 2. The van der Waals surface area contributed by atoms with Crippen molar-refractivity contribution < 1.29 is 9.63 Å². The summed E-state index contributed by atoms with van der Waals surface area (Å²) in [6.07, 6.45) is 0. The van der Waals surface area contributed by atoms with Gasteiger partial charge < -0.3 is 5.32 Å². The number of benzene rings is 1. The molecule has 0 aliphatic heterocycles. The van der Waals surface area contributed by atoms with Gasteiger partial charge in [0, 0.05) is 12.7 Å². The molecule has 0 saturated carbocycles. The van der Waals surface area contributed by atoms with Gasteiger partial charge in [-0.3, -0.25) is 4.84 Å². The van der Waals surface area contributed by atoms with Crippen molar-refractivity contribution in [1.29, 1.82) is 0 Å². The SMILES string of the molecule is CON(C)C(=O)Nc1c[c]c(C)cc1. The van der Waals surface area contributed by atoms with E-state index in [1.54, 1.807) is 6.07 Å². The number of hydrogen-bond acceptors (Lipinski definition) is 2. The summed E-state index contributed by atoms with van der Waals surface area (Å²) < 4.78 is 0. The molecule has 0 bridgehead atoms. The molecule has 1 radical (unpaired) electrons. The predicted molar refractivity (Wildman–Crippen MR) is 53.8 cm³/mol.